The van der Waals surface area contributed by atoms with Crippen molar-refractivity contribution in [3.63, 3.8) is 0 Å². The zero-order valence-corrected chi connectivity index (χ0v) is 12.5. The van der Waals surface area contributed by atoms with Gasteiger partial charge in [0, 0.05) is 19.1 Å². The van der Waals surface area contributed by atoms with Crippen molar-refractivity contribution in [1.82, 2.24) is 15.5 Å². The van der Waals surface area contributed by atoms with E-state index in [0.717, 1.165) is 44.7 Å². The minimum Gasteiger partial charge on any atom is -0.341 e. The van der Waals surface area contributed by atoms with Crippen LogP contribution in [-0.4, -0.2) is 42.5 Å². The topological polar surface area (TPSA) is 61.4 Å². The molecule has 0 radical (unpaired) electrons. The van der Waals surface area contributed by atoms with Crippen LogP contribution in [0.5, 0.6) is 0 Å². The van der Waals surface area contributed by atoms with Crippen LogP contribution in [0.1, 0.15) is 51.9 Å². The Morgan fingerprint density at radius 1 is 1.05 bits per heavy atom. The Labute approximate surface area is 121 Å². The highest BCUT2D eigenvalue weighted by Gasteiger charge is 2.20. The summed E-state index contributed by atoms with van der Waals surface area (Å²) in [7, 11) is 0. The van der Waals surface area contributed by atoms with E-state index < -0.39 is 0 Å². The third kappa shape index (κ3) is 4.69. The molecule has 0 aromatic carbocycles. The van der Waals surface area contributed by atoms with E-state index in [4.69, 9.17) is 0 Å². The van der Waals surface area contributed by atoms with E-state index in [2.05, 4.69) is 17.6 Å². The lowest BCUT2D eigenvalue weighted by atomic mass is 10.0. The number of hydrogen-bond acceptors (Lipinski definition) is 2. The number of nitrogens with one attached hydrogen (secondary N) is 2. The van der Waals surface area contributed by atoms with Gasteiger partial charge in [-0.1, -0.05) is 19.8 Å². The van der Waals surface area contributed by atoms with E-state index in [1.54, 1.807) is 0 Å². The van der Waals surface area contributed by atoms with Gasteiger partial charge in [-0.05, 0) is 38.0 Å². The van der Waals surface area contributed by atoms with Gasteiger partial charge in [0.2, 0.25) is 5.91 Å². The second-order valence-corrected chi connectivity index (χ2v) is 6.23. The largest absolute Gasteiger partial charge is 0.341 e. The number of likely N-dealkylation sites (tertiary alicyclic amines) is 1. The minimum atomic E-state index is -0.197. The molecule has 3 amide bonds. The van der Waals surface area contributed by atoms with Gasteiger partial charge in [0.1, 0.15) is 0 Å². The number of urea groups is 1. The van der Waals surface area contributed by atoms with Crippen molar-refractivity contribution in [3.8, 4) is 0 Å². The summed E-state index contributed by atoms with van der Waals surface area (Å²) in [5.41, 5.74) is 0. The van der Waals surface area contributed by atoms with Crippen LogP contribution in [0.2, 0.25) is 0 Å². The van der Waals surface area contributed by atoms with Crippen molar-refractivity contribution < 1.29 is 9.59 Å². The molecule has 5 nitrogen and oxygen atoms in total. The van der Waals surface area contributed by atoms with Gasteiger partial charge in [0.15, 0.2) is 0 Å². The lowest BCUT2D eigenvalue weighted by Gasteiger charge is -2.18. The van der Waals surface area contributed by atoms with Gasteiger partial charge in [0.05, 0.1) is 6.54 Å². The highest BCUT2D eigenvalue weighted by atomic mass is 16.2. The molecule has 1 aliphatic heterocycles. The van der Waals surface area contributed by atoms with Crippen molar-refractivity contribution in [1.29, 1.82) is 0 Å². The van der Waals surface area contributed by atoms with Crippen LogP contribution in [0.25, 0.3) is 0 Å². The van der Waals surface area contributed by atoms with Crippen molar-refractivity contribution in [2.75, 3.05) is 19.6 Å². The van der Waals surface area contributed by atoms with Crippen LogP contribution >= 0.6 is 0 Å². The second-order valence-electron chi connectivity index (χ2n) is 6.23. The number of carbonyl (C=O) groups is 2. The summed E-state index contributed by atoms with van der Waals surface area (Å²) in [5.74, 6) is 0.800. The maximum absolute atomic E-state index is 11.8. The molecular formula is C15H27N3O2. The normalized spacial score (nSPS) is 26.9. The summed E-state index contributed by atoms with van der Waals surface area (Å²) >= 11 is 0. The first kappa shape index (κ1) is 15.1. The number of hydrogen-bond donors (Lipinski definition) is 2. The smallest absolute Gasteiger partial charge is 0.315 e. The highest BCUT2D eigenvalue weighted by Crippen LogP contribution is 2.22. The minimum absolute atomic E-state index is 0.0344. The number of amides is 3. The molecular weight excluding hydrogens is 254 g/mol. The number of carbonyl (C=O) groups excluding carboxylic acids is 2. The van der Waals surface area contributed by atoms with Gasteiger partial charge in [-0.15, -0.1) is 0 Å². The van der Waals surface area contributed by atoms with Crippen LogP contribution in [0, 0.1) is 5.92 Å². The Hall–Kier alpha value is -1.26. The van der Waals surface area contributed by atoms with Crippen molar-refractivity contribution in [2.45, 2.75) is 57.9 Å². The molecule has 0 unspecified atom stereocenters. The van der Waals surface area contributed by atoms with Crippen molar-refractivity contribution in [2.24, 2.45) is 5.92 Å². The van der Waals surface area contributed by atoms with E-state index in [1.807, 2.05) is 4.90 Å². The molecule has 0 bridgehead atoms. The summed E-state index contributed by atoms with van der Waals surface area (Å²) < 4.78 is 0. The summed E-state index contributed by atoms with van der Waals surface area (Å²) in [5, 5.41) is 5.70. The molecule has 1 saturated carbocycles. The SMILES string of the molecule is C[C@H]1CCC[C@H](NC(=O)NCC(=O)N2CCCC2)CC1. The predicted molar refractivity (Wildman–Crippen MR) is 78.4 cm³/mol. The monoisotopic (exact) mass is 281 g/mol. The summed E-state index contributed by atoms with van der Waals surface area (Å²) in [4.78, 5) is 25.5. The van der Waals surface area contributed by atoms with E-state index in [0.29, 0.717) is 0 Å². The van der Waals surface area contributed by atoms with Crippen LogP contribution in [0.15, 0.2) is 0 Å². The van der Waals surface area contributed by atoms with Crippen LogP contribution in [0.4, 0.5) is 4.79 Å². The summed E-state index contributed by atoms with van der Waals surface area (Å²) in [6, 6.07) is 0.0685. The summed E-state index contributed by atoms with van der Waals surface area (Å²) in [6.45, 7) is 4.07. The van der Waals surface area contributed by atoms with Gasteiger partial charge in [-0.2, -0.15) is 0 Å². The Kier molecular flexibility index (Phi) is 5.68. The molecule has 2 fully saturated rings. The lowest BCUT2D eigenvalue weighted by Crippen LogP contribution is -2.46. The molecule has 1 heterocycles. The molecule has 114 valence electrons. The molecule has 0 aromatic heterocycles. The maximum Gasteiger partial charge on any atom is 0.315 e. The zero-order valence-electron chi connectivity index (χ0n) is 12.5. The third-order valence-corrected chi connectivity index (χ3v) is 4.45. The van der Waals surface area contributed by atoms with Gasteiger partial charge < -0.3 is 15.5 Å². The Balaban J connectivity index is 1.65. The predicted octanol–water partition coefficient (Wildman–Crippen LogP) is 1.88. The molecule has 0 aromatic rings. The summed E-state index contributed by atoms with van der Waals surface area (Å²) in [6.07, 6.45) is 7.88. The van der Waals surface area contributed by atoms with E-state index >= 15 is 0 Å². The molecule has 2 aliphatic rings. The van der Waals surface area contributed by atoms with Crippen LogP contribution < -0.4 is 10.6 Å². The molecule has 5 heteroatoms. The lowest BCUT2D eigenvalue weighted by molar-refractivity contribution is -0.128. The van der Waals surface area contributed by atoms with Crippen molar-refractivity contribution in [3.05, 3.63) is 0 Å². The van der Waals surface area contributed by atoms with Gasteiger partial charge >= 0.3 is 6.03 Å². The first-order chi connectivity index (χ1) is 9.65. The van der Waals surface area contributed by atoms with Crippen LogP contribution in [-0.2, 0) is 4.79 Å². The van der Waals surface area contributed by atoms with E-state index in [1.165, 1.54) is 19.3 Å². The molecule has 2 atom stereocenters. The van der Waals surface area contributed by atoms with E-state index in [-0.39, 0.29) is 24.5 Å². The average molecular weight is 281 g/mol. The molecule has 2 rings (SSSR count). The van der Waals surface area contributed by atoms with Crippen molar-refractivity contribution >= 4 is 11.9 Å². The second kappa shape index (κ2) is 7.50. The standard InChI is InChI=1S/C15H27N3O2/c1-12-5-4-6-13(8-7-12)17-15(20)16-11-14(19)18-9-2-3-10-18/h12-13H,2-11H2,1H3,(H2,16,17,20)/t12-,13-/m0/s1. The fourth-order valence-electron chi connectivity index (χ4n) is 3.10. The Morgan fingerprint density at radius 3 is 2.55 bits per heavy atom. The molecule has 1 aliphatic carbocycles. The Morgan fingerprint density at radius 2 is 1.80 bits per heavy atom. The van der Waals surface area contributed by atoms with Gasteiger partial charge in [0.25, 0.3) is 0 Å². The first-order valence-corrected chi connectivity index (χ1v) is 7.97. The molecule has 0 spiro atoms. The fourth-order valence-corrected chi connectivity index (χ4v) is 3.10. The molecule has 1 saturated heterocycles. The number of nitrogens with zero attached hydrogens (tertiary/aromatic N) is 1. The molecule has 20 heavy (non-hydrogen) atoms. The highest BCUT2D eigenvalue weighted by molar-refractivity contribution is 5.84. The molecule has 2 N–H and O–H groups in total. The zero-order chi connectivity index (χ0) is 14.4. The van der Waals surface area contributed by atoms with E-state index in [9.17, 15) is 9.59 Å². The maximum atomic E-state index is 11.8. The third-order valence-electron chi connectivity index (χ3n) is 4.45. The number of rotatable bonds is 3. The van der Waals surface area contributed by atoms with Gasteiger partial charge in [-0.3, -0.25) is 4.79 Å². The van der Waals surface area contributed by atoms with Crippen LogP contribution in [0.3, 0.4) is 0 Å². The Bertz CT molecular complexity index is 340. The van der Waals surface area contributed by atoms with Gasteiger partial charge in [-0.25, -0.2) is 4.79 Å². The fraction of sp³-hybridized carbons (Fsp3) is 0.867. The first-order valence-electron chi connectivity index (χ1n) is 7.97. The quantitative estimate of drug-likeness (QED) is 0.776. The average Bonchev–Trinajstić information content (AvgIpc) is 2.89.